The minimum absolute atomic E-state index is 0.159. The number of hydrogen-bond donors (Lipinski definition) is 2. The molecule has 2 aromatic rings. The molecule has 1 saturated heterocycles. The van der Waals surface area contributed by atoms with Crippen molar-refractivity contribution < 1.29 is 13.9 Å². The standard InChI is InChI=1S/C21H26FN3O2/c22-18-5-1-17(2-6-18)15-27-21(26)25-13-10-20(11-14-25)24-19-7-3-16(4-8-19)9-12-23/h1-8,20,24H,9-15,23H2. The van der Waals surface area contributed by atoms with Gasteiger partial charge in [-0.2, -0.15) is 0 Å². The molecule has 0 unspecified atom stereocenters. The molecule has 2 aromatic carbocycles. The second-order valence-corrected chi connectivity index (χ2v) is 6.82. The van der Waals surface area contributed by atoms with E-state index in [4.69, 9.17) is 10.5 Å². The van der Waals surface area contributed by atoms with Gasteiger partial charge in [0.15, 0.2) is 0 Å². The molecule has 144 valence electrons. The van der Waals surface area contributed by atoms with Crippen LogP contribution in [0.2, 0.25) is 0 Å². The molecule has 0 bridgehead atoms. The van der Waals surface area contributed by atoms with Crippen LogP contribution >= 0.6 is 0 Å². The maximum Gasteiger partial charge on any atom is 0.410 e. The van der Waals surface area contributed by atoms with E-state index in [1.165, 1.54) is 17.7 Å². The van der Waals surface area contributed by atoms with Crippen LogP contribution in [0.15, 0.2) is 48.5 Å². The highest BCUT2D eigenvalue weighted by Crippen LogP contribution is 2.18. The molecule has 0 radical (unpaired) electrons. The average Bonchev–Trinajstić information content (AvgIpc) is 2.70. The Morgan fingerprint density at radius 2 is 1.70 bits per heavy atom. The van der Waals surface area contributed by atoms with Crippen LogP contribution in [0.4, 0.5) is 14.9 Å². The molecular formula is C21H26FN3O2. The number of ether oxygens (including phenoxy) is 1. The average molecular weight is 371 g/mol. The zero-order valence-electron chi connectivity index (χ0n) is 15.4. The van der Waals surface area contributed by atoms with Crippen molar-refractivity contribution in [1.82, 2.24) is 4.90 Å². The number of hydrogen-bond acceptors (Lipinski definition) is 4. The maximum atomic E-state index is 12.9. The van der Waals surface area contributed by atoms with Crippen LogP contribution in [0.1, 0.15) is 24.0 Å². The molecule has 1 aliphatic heterocycles. The summed E-state index contributed by atoms with van der Waals surface area (Å²) in [6.45, 7) is 2.13. The first kappa shape index (κ1) is 19.2. The Labute approximate surface area is 159 Å². The Morgan fingerprint density at radius 3 is 2.33 bits per heavy atom. The maximum absolute atomic E-state index is 12.9. The van der Waals surface area contributed by atoms with Gasteiger partial charge < -0.3 is 20.7 Å². The Kier molecular flexibility index (Phi) is 6.65. The summed E-state index contributed by atoms with van der Waals surface area (Å²) in [5.41, 5.74) is 8.68. The zero-order valence-corrected chi connectivity index (χ0v) is 15.4. The van der Waals surface area contributed by atoms with Crippen LogP contribution in [-0.2, 0) is 17.8 Å². The molecule has 6 heteroatoms. The van der Waals surface area contributed by atoms with Crippen molar-refractivity contribution >= 4 is 11.8 Å². The highest BCUT2D eigenvalue weighted by atomic mass is 19.1. The fraction of sp³-hybridized carbons (Fsp3) is 0.381. The van der Waals surface area contributed by atoms with Crippen molar-refractivity contribution in [2.45, 2.75) is 31.9 Å². The summed E-state index contributed by atoms with van der Waals surface area (Å²) in [7, 11) is 0. The number of nitrogens with two attached hydrogens (primary N) is 1. The summed E-state index contributed by atoms with van der Waals surface area (Å²) in [6, 6.07) is 14.7. The quantitative estimate of drug-likeness (QED) is 0.815. The predicted molar refractivity (Wildman–Crippen MR) is 104 cm³/mol. The number of amides is 1. The first-order valence-electron chi connectivity index (χ1n) is 9.36. The number of halogens is 1. The van der Waals surface area contributed by atoms with Gasteiger partial charge in [0.2, 0.25) is 0 Å². The Bertz CT molecular complexity index is 726. The van der Waals surface area contributed by atoms with Crippen molar-refractivity contribution in [3.05, 3.63) is 65.5 Å². The van der Waals surface area contributed by atoms with Crippen LogP contribution in [0, 0.1) is 5.82 Å². The smallest absolute Gasteiger partial charge is 0.410 e. The lowest BCUT2D eigenvalue weighted by Crippen LogP contribution is -2.42. The summed E-state index contributed by atoms with van der Waals surface area (Å²) >= 11 is 0. The van der Waals surface area contributed by atoms with Crippen molar-refractivity contribution in [1.29, 1.82) is 0 Å². The summed E-state index contributed by atoms with van der Waals surface area (Å²) in [5.74, 6) is -0.298. The van der Waals surface area contributed by atoms with Crippen molar-refractivity contribution in [3.8, 4) is 0 Å². The third kappa shape index (κ3) is 5.69. The normalized spacial score (nSPS) is 14.8. The third-order valence-corrected chi connectivity index (χ3v) is 4.79. The minimum Gasteiger partial charge on any atom is -0.445 e. The van der Waals surface area contributed by atoms with E-state index in [0.29, 0.717) is 25.7 Å². The molecule has 0 spiro atoms. The third-order valence-electron chi connectivity index (χ3n) is 4.79. The zero-order chi connectivity index (χ0) is 19.1. The van der Waals surface area contributed by atoms with Gasteiger partial charge in [-0.25, -0.2) is 9.18 Å². The molecule has 1 aliphatic rings. The number of nitrogens with zero attached hydrogens (tertiary/aromatic N) is 1. The Balaban J connectivity index is 1.41. The second kappa shape index (κ2) is 9.37. The van der Waals surface area contributed by atoms with Crippen LogP contribution in [0.25, 0.3) is 0 Å². The van der Waals surface area contributed by atoms with Crippen LogP contribution in [0.3, 0.4) is 0 Å². The minimum atomic E-state index is -0.316. The second-order valence-electron chi connectivity index (χ2n) is 6.82. The molecule has 0 aliphatic carbocycles. The van der Waals surface area contributed by atoms with Crippen molar-refractivity contribution in [2.75, 3.05) is 25.0 Å². The largest absolute Gasteiger partial charge is 0.445 e. The number of piperidine rings is 1. The van der Waals surface area contributed by atoms with Gasteiger partial charge in [0.05, 0.1) is 0 Å². The van der Waals surface area contributed by atoms with Gasteiger partial charge in [-0.1, -0.05) is 24.3 Å². The molecule has 27 heavy (non-hydrogen) atoms. The first-order valence-corrected chi connectivity index (χ1v) is 9.36. The highest BCUT2D eigenvalue weighted by Gasteiger charge is 2.23. The molecule has 1 heterocycles. The number of anilines is 1. The lowest BCUT2D eigenvalue weighted by molar-refractivity contribution is 0.0881. The molecule has 3 rings (SSSR count). The van der Waals surface area contributed by atoms with E-state index in [2.05, 4.69) is 29.6 Å². The number of carbonyl (C=O) groups excluding carboxylic acids is 1. The monoisotopic (exact) mass is 371 g/mol. The van der Waals surface area contributed by atoms with Gasteiger partial charge >= 0.3 is 6.09 Å². The lowest BCUT2D eigenvalue weighted by atomic mass is 10.0. The number of carbonyl (C=O) groups is 1. The fourth-order valence-corrected chi connectivity index (χ4v) is 3.19. The van der Waals surface area contributed by atoms with E-state index >= 15 is 0 Å². The first-order chi connectivity index (χ1) is 13.1. The van der Waals surface area contributed by atoms with Crippen LogP contribution < -0.4 is 11.1 Å². The fourth-order valence-electron chi connectivity index (χ4n) is 3.19. The molecular weight excluding hydrogens is 345 g/mol. The van der Waals surface area contributed by atoms with Crippen molar-refractivity contribution in [2.24, 2.45) is 5.73 Å². The summed E-state index contributed by atoms with van der Waals surface area (Å²) < 4.78 is 18.2. The molecule has 0 atom stereocenters. The number of nitrogens with one attached hydrogen (secondary N) is 1. The molecule has 5 nitrogen and oxygen atoms in total. The Morgan fingerprint density at radius 1 is 1.07 bits per heavy atom. The molecule has 0 saturated carbocycles. The Hall–Kier alpha value is -2.60. The predicted octanol–water partition coefficient (Wildman–Crippen LogP) is 3.54. The van der Waals surface area contributed by atoms with E-state index in [1.807, 2.05) is 0 Å². The van der Waals surface area contributed by atoms with Gasteiger partial charge in [0.25, 0.3) is 0 Å². The SMILES string of the molecule is NCCc1ccc(NC2CCN(C(=O)OCc3ccc(F)cc3)CC2)cc1. The lowest BCUT2D eigenvalue weighted by Gasteiger charge is -2.32. The van der Waals surface area contributed by atoms with Gasteiger partial charge in [-0.05, 0) is 61.2 Å². The van der Waals surface area contributed by atoms with E-state index < -0.39 is 0 Å². The van der Waals surface area contributed by atoms with Gasteiger partial charge in [0, 0.05) is 24.8 Å². The summed E-state index contributed by atoms with van der Waals surface area (Å²) in [6.07, 6.45) is 2.31. The molecule has 3 N–H and O–H groups in total. The number of rotatable bonds is 6. The van der Waals surface area contributed by atoms with Gasteiger partial charge in [-0.15, -0.1) is 0 Å². The number of likely N-dealkylation sites (tertiary alicyclic amines) is 1. The summed E-state index contributed by atoms with van der Waals surface area (Å²) in [5, 5.41) is 3.53. The highest BCUT2D eigenvalue weighted by molar-refractivity contribution is 5.67. The summed E-state index contributed by atoms with van der Waals surface area (Å²) in [4.78, 5) is 13.9. The van der Waals surface area contributed by atoms with Gasteiger partial charge in [0.1, 0.15) is 12.4 Å². The molecule has 0 aromatic heterocycles. The topological polar surface area (TPSA) is 67.6 Å². The molecule has 1 fully saturated rings. The van der Waals surface area contributed by atoms with Gasteiger partial charge in [-0.3, -0.25) is 0 Å². The van der Waals surface area contributed by atoms with Crippen LogP contribution in [-0.4, -0.2) is 36.7 Å². The number of benzene rings is 2. The van der Waals surface area contributed by atoms with Crippen LogP contribution in [0.5, 0.6) is 0 Å². The van der Waals surface area contributed by atoms with E-state index in [-0.39, 0.29) is 18.5 Å². The van der Waals surface area contributed by atoms with E-state index in [0.717, 1.165) is 30.5 Å². The van der Waals surface area contributed by atoms with E-state index in [1.54, 1.807) is 17.0 Å². The molecule has 1 amide bonds. The van der Waals surface area contributed by atoms with Crippen molar-refractivity contribution in [3.63, 3.8) is 0 Å². The van der Waals surface area contributed by atoms with E-state index in [9.17, 15) is 9.18 Å².